The molecule has 0 radical (unpaired) electrons. The fourth-order valence-corrected chi connectivity index (χ4v) is 0.583. The summed E-state index contributed by atoms with van der Waals surface area (Å²) in [5.41, 5.74) is 0. The van der Waals surface area contributed by atoms with E-state index in [2.05, 4.69) is 4.74 Å². The highest BCUT2D eigenvalue weighted by Gasteiger charge is 2.31. The third-order valence-corrected chi connectivity index (χ3v) is 1.20. The largest absolute Gasteiger partial charge is 0.436 e. The number of carbonyl (C=O) groups is 1. The second-order valence-electron chi connectivity index (χ2n) is 2.31. The highest BCUT2D eigenvalue weighted by Crippen LogP contribution is 2.30. The summed E-state index contributed by atoms with van der Waals surface area (Å²) in [4.78, 5) is 10.6. The summed E-state index contributed by atoms with van der Waals surface area (Å²) < 4.78 is 4.49. The van der Waals surface area contributed by atoms with Crippen LogP contribution in [0.2, 0.25) is 0 Å². The maximum atomic E-state index is 10.6. The minimum absolute atomic E-state index is 0.0830. The van der Waals surface area contributed by atoms with Gasteiger partial charge in [0.25, 0.3) is 0 Å². The van der Waals surface area contributed by atoms with Crippen molar-refractivity contribution in [2.24, 2.45) is 5.92 Å². The van der Waals surface area contributed by atoms with E-state index in [-0.39, 0.29) is 11.9 Å². The van der Waals surface area contributed by atoms with E-state index in [4.69, 9.17) is 5.11 Å². The van der Waals surface area contributed by atoms with E-state index >= 15 is 0 Å². The molecule has 1 saturated carbocycles. The molecule has 1 aliphatic carbocycles. The first kappa shape index (κ1) is 6.55. The van der Waals surface area contributed by atoms with Crippen molar-refractivity contribution in [2.45, 2.75) is 26.1 Å². The van der Waals surface area contributed by atoms with Gasteiger partial charge in [-0.15, -0.1) is 0 Å². The van der Waals surface area contributed by atoms with E-state index in [9.17, 15) is 4.79 Å². The summed E-state index contributed by atoms with van der Waals surface area (Å²) in [6, 6.07) is 0. The van der Waals surface area contributed by atoms with Gasteiger partial charge < -0.3 is 9.84 Å². The van der Waals surface area contributed by atoms with Gasteiger partial charge >= 0.3 is 5.97 Å². The van der Waals surface area contributed by atoms with Gasteiger partial charge in [0.1, 0.15) is 0 Å². The van der Waals surface area contributed by atoms with Crippen LogP contribution in [0.25, 0.3) is 0 Å². The lowest BCUT2D eigenvalue weighted by Crippen LogP contribution is -2.14. The first-order valence-electron chi connectivity index (χ1n) is 3.08. The second kappa shape index (κ2) is 2.35. The molecule has 0 saturated heterocycles. The maximum Gasteiger partial charge on any atom is 0.311 e. The molecule has 0 aromatic heterocycles. The lowest BCUT2D eigenvalue weighted by Gasteiger charge is -2.04. The summed E-state index contributed by atoms with van der Waals surface area (Å²) in [5.74, 6) is -0.176. The fourth-order valence-electron chi connectivity index (χ4n) is 0.583. The summed E-state index contributed by atoms with van der Waals surface area (Å²) in [6.07, 6.45) is 0.898. The molecule has 1 aliphatic rings. The Balaban J connectivity index is 2.18. The fraction of sp³-hybridized carbons (Fsp3) is 0.833. The predicted molar refractivity (Wildman–Crippen MR) is 30.5 cm³/mol. The Morgan fingerprint density at radius 1 is 1.78 bits per heavy atom. The smallest absolute Gasteiger partial charge is 0.311 e. The zero-order valence-corrected chi connectivity index (χ0v) is 5.33. The Hall–Kier alpha value is -0.570. The van der Waals surface area contributed by atoms with E-state index in [1.54, 1.807) is 0 Å². The number of rotatable bonds is 2. The van der Waals surface area contributed by atoms with E-state index in [0.717, 1.165) is 12.8 Å². The molecule has 0 aliphatic heterocycles. The zero-order chi connectivity index (χ0) is 6.85. The van der Waals surface area contributed by atoms with Crippen molar-refractivity contribution in [2.75, 3.05) is 0 Å². The molecule has 0 heterocycles. The van der Waals surface area contributed by atoms with Crippen LogP contribution in [0.15, 0.2) is 0 Å². The maximum absolute atomic E-state index is 10.6. The molecule has 1 rings (SSSR count). The molecule has 9 heavy (non-hydrogen) atoms. The summed E-state index contributed by atoms with van der Waals surface area (Å²) in [7, 11) is 0. The molecule has 3 nitrogen and oxygen atoms in total. The minimum atomic E-state index is -0.946. The summed E-state index contributed by atoms with van der Waals surface area (Å²) in [5, 5.41) is 8.56. The number of aliphatic hydroxyl groups excluding tert-OH is 1. The van der Waals surface area contributed by atoms with Crippen LogP contribution in [-0.2, 0) is 9.53 Å². The topological polar surface area (TPSA) is 46.5 Å². The van der Waals surface area contributed by atoms with Crippen molar-refractivity contribution >= 4 is 5.97 Å². The number of hydrogen-bond acceptors (Lipinski definition) is 3. The Labute approximate surface area is 53.6 Å². The van der Waals surface area contributed by atoms with E-state index in [0.29, 0.717) is 0 Å². The van der Waals surface area contributed by atoms with Gasteiger partial charge in [-0.1, -0.05) is 0 Å². The first-order chi connectivity index (χ1) is 4.20. The SMILES string of the molecule is C[C@@H](O)OC(=O)C1CC1. The molecule has 0 spiro atoms. The van der Waals surface area contributed by atoms with Crippen molar-refractivity contribution in [3.8, 4) is 0 Å². The van der Waals surface area contributed by atoms with Crippen LogP contribution >= 0.6 is 0 Å². The van der Waals surface area contributed by atoms with Gasteiger partial charge in [-0.3, -0.25) is 4.79 Å². The van der Waals surface area contributed by atoms with Crippen LogP contribution in [0.3, 0.4) is 0 Å². The Bertz CT molecular complexity index is 115. The predicted octanol–water partition coefficient (Wildman–Crippen LogP) is 0.278. The second-order valence-corrected chi connectivity index (χ2v) is 2.31. The molecule has 0 aromatic rings. The monoisotopic (exact) mass is 130 g/mol. The summed E-state index contributed by atoms with van der Waals surface area (Å²) in [6.45, 7) is 1.43. The van der Waals surface area contributed by atoms with Crippen LogP contribution in [0.1, 0.15) is 19.8 Å². The first-order valence-corrected chi connectivity index (χ1v) is 3.08. The number of hydrogen-bond donors (Lipinski definition) is 1. The van der Waals surface area contributed by atoms with Crippen molar-refractivity contribution in [3.63, 3.8) is 0 Å². The van der Waals surface area contributed by atoms with Crippen molar-refractivity contribution < 1.29 is 14.6 Å². The van der Waals surface area contributed by atoms with Crippen molar-refractivity contribution in [1.29, 1.82) is 0 Å². The van der Waals surface area contributed by atoms with Gasteiger partial charge in [0.05, 0.1) is 5.92 Å². The third kappa shape index (κ3) is 2.01. The normalized spacial score (nSPS) is 21.1. The van der Waals surface area contributed by atoms with Gasteiger partial charge in [0, 0.05) is 0 Å². The van der Waals surface area contributed by atoms with Crippen LogP contribution in [-0.4, -0.2) is 17.4 Å². The van der Waals surface area contributed by atoms with Crippen LogP contribution in [0.4, 0.5) is 0 Å². The molecule has 0 aromatic carbocycles. The van der Waals surface area contributed by atoms with Gasteiger partial charge in [-0.25, -0.2) is 0 Å². The Morgan fingerprint density at radius 3 is 2.67 bits per heavy atom. The number of ether oxygens (including phenoxy) is 1. The average molecular weight is 130 g/mol. The van der Waals surface area contributed by atoms with Gasteiger partial charge in [-0.2, -0.15) is 0 Å². The molecule has 52 valence electrons. The van der Waals surface area contributed by atoms with Crippen LogP contribution < -0.4 is 0 Å². The lowest BCUT2D eigenvalue weighted by atomic mass is 10.4. The zero-order valence-electron chi connectivity index (χ0n) is 5.33. The Kier molecular flexibility index (Phi) is 1.71. The van der Waals surface area contributed by atoms with E-state index in [1.807, 2.05) is 0 Å². The molecule has 1 atom stereocenters. The lowest BCUT2D eigenvalue weighted by molar-refractivity contribution is -0.166. The minimum Gasteiger partial charge on any atom is -0.436 e. The van der Waals surface area contributed by atoms with E-state index < -0.39 is 6.29 Å². The number of esters is 1. The van der Waals surface area contributed by atoms with Crippen molar-refractivity contribution in [3.05, 3.63) is 0 Å². The molecule has 0 unspecified atom stereocenters. The average Bonchev–Trinajstić information content (AvgIpc) is 2.40. The molecule has 0 bridgehead atoms. The van der Waals surface area contributed by atoms with Gasteiger partial charge in [-0.05, 0) is 19.8 Å². The standard InChI is InChI=1S/C6H10O3/c1-4(7)9-6(8)5-2-3-5/h4-5,7H,2-3H2,1H3/t4-/m0/s1. The molecule has 3 heteroatoms. The molecular weight excluding hydrogens is 120 g/mol. The summed E-state index contributed by atoms with van der Waals surface area (Å²) >= 11 is 0. The highest BCUT2D eigenvalue weighted by atomic mass is 16.6. The number of aliphatic hydroxyl groups is 1. The van der Waals surface area contributed by atoms with Gasteiger partial charge in [0.2, 0.25) is 0 Å². The van der Waals surface area contributed by atoms with Crippen LogP contribution in [0, 0.1) is 5.92 Å². The van der Waals surface area contributed by atoms with E-state index in [1.165, 1.54) is 6.92 Å². The highest BCUT2D eigenvalue weighted by molar-refractivity contribution is 5.74. The third-order valence-electron chi connectivity index (χ3n) is 1.20. The quantitative estimate of drug-likeness (QED) is 0.431. The van der Waals surface area contributed by atoms with Gasteiger partial charge in [0.15, 0.2) is 6.29 Å². The van der Waals surface area contributed by atoms with Crippen LogP contribution in [0.5, 0.6) is 0 Å². The molecule has 0 amide bonds. The van der Waals surface area contributed by atoms with Crippen molar-refractivity contribution in [1.82, 2.24) is 0 Å². The molecule has 1 N–H and O–H groups in total. The molecule has 1 fully saturated rings. The number of carbonyl (C=O) groups excluding carboxylic acids is 1. The molecular formula is C6H10O3. The Morgan fingerprint density at radius 2 is 2.33 bits per heavy atom.